The van der Waals surface area contributed by atoms with E-state index < -0.39 is 0 Å². The number of aliphatic imine (C=N–C) groups is 1. The first-order valence-corrected chi connectivity index (χ1v) is 14.1. The van der Waals surface area contributed by atoms with Crippen molar-refractivity contribution in [1.29, 1.82) is 0 Å². The molecule has 0 radical (unpaired) electrons. The van der Waals surface area contributed by atoms with Crippen LogP contribution in [0.15, 0.2) is 57.7 Å². The number of nitrogens with zero attached hydrogens (tertiary/aromatic N) is 2. The molecule has 0 bridgehead atoms. The molecule has 1 saturated carbocycles. The number of likely N-dealkylation sites (tertiary alicyclic amines) is 1. The van der Waals surface area contributed by atoms with Crippen LogP contribution in [-0.2, 0) is 16.0 Å². The lowest BCUT2D eigenvalue weighted by molar-refractivity contribution is -0.117. The van der Waals surface area contributed by atoms with Gasteiger partial charge in [0.2, 0.25) is 6.41 Å². The van der Waals surface area contributed by atoms with Crippen molar-refractivity contribution < 1.29 is 18.3 Å². The van der Waals surface area contributed by atoms with Crippen LogP contribution in [-0.4, -0.2) is 37.2 Å². The van der Waals surface area contributed by atoms with Gasteiger partial charge in [-0.05, 0) is 100 Å². The SMILES string of the molecule is CCC1=CC(F)=C(OC)CC1.CCCc1ccc(C(C)=N/C(C)=C(\C)C2CC2)cc1F.O=CN1CCCC1. The van der Waals surface area contributed by atoms with Gasteiger partial charge in [-0.1, -0.05) is 38.0 Å². The fourth-order valence-electron chi connectivity index (χ4n) is 4.51. The second kappa shape index (κ2) is 16.3. The van der Waals surface area contributed by atoms with Crippen molar-refractivity contribution in [2.45, 2.75) is 92.4 Å². The summed E-state index contributed by atoms with van der Waals surface area (Å²) in [6.07, 6.45) is 11.8. The number of hydrogen-bond donors (Lipinski definition) is 0. The molecule has 38 heavy (non-hydrogen) atoms. The summed E-state index contributed by atoms with van der Waals surface area (Å²) in [4.78, 5) is 16.4. The molecule has 0 N–H and O–H groups in total. The third-order valence-electron chi connectivity index (χ3n) is 7.35. The Balaban J connectivity index is 0.000000234. The zero-order valence-corrected chi connectivity index (χ0v) is 24.2. The Morgan fingerprint density at radius 1 is 1.11 bits per heavy atom. The Kier molecular flexibility index (Phi) is 13.5. The molecule has 1 amide bonds. The minimum Gasteiger partial charge on any atom is -0.498 e. The molecule has 1 aliphatic heterocycles. The first-order chi connectivity index (χ1) is 18.2. The summed E-state index contributed by atoms with van der Waals surface area (Å²) in [5, 5.41) is 0. The van der Waals surface area contributed by atoms with Crippen molar-refractivity contribution in [3.8, 4) is 0 Å². The third kappa shape index (κ3) is 10.2. The number of ether oxygens (including phenoxy) is 1. The highest BCUT2D eigenvalue weighted by Crippen LogP contribution is 2.37. The normalized spacial score (nSPS) is 18.1. The van der Waals surface area contributed by atoms with Gasteiger partial charge in [0.05, 0.1) is 7.11 Å². The van der Waals surface area contributed by atoms with Crippen molar-refractivity contribution in [3.63, 3.8) is 0 Å². The first-order valence-electron chi connectivity index (χ1n) is 14.1. The van der Waals surface area contributed by atoms with Crippen molar-refractivity contribution in [2.24, 2.45) is 10.9 Å². The van der Waals surface area contributed by atoms with Crippen molar-refractivity contribution in [3.05, 3.63) is 69.6 Å². The molecule has 4 rings (SSSR count). The maximum atomic E-state index is 14.0. The molecule has 0 aromatic heterocycles. The molecule has 210 valence electrons. The van der Waals surface area contributed by atoms with E-state index in [4.69, 9.17) is 4.74 Å². The van der Waals surface area contributed by atoms with Gasteiger partial charge in [-0.3, -0.25) is 9.79 Å². The topological polar surface area (TPSA) is 41.9 Å². The zero-order chi connectivity index (χ0) is 28.1. The molecule has 2 aliphatic carbocycles. The van der Waals surface area contributed by atoms with E-state index in [2.05, 4.69) is 25.8 Å². The molecule has 0 spiro atoms. The molecule has 4 nitrogen and oxygen atoms in total. The van der Waals surface area contributed by atoms with Crippen molar-refractivity contribution >= 4 is 12.1 Å². The number of rotatable bonds is 8. The summed E-state index contributed by atoms with van der Waals surface area (Å²) < 4.78 is 31.8. The second-order valence-corrected chi connectivity index (χ2v) is 10.3. The largest absolute Gasteiger partial charge is 0.498 e. The third-order valence-corrected chi connectivity index (χ3v) is 7.35. The van der Waals surface area contributed by atoms with Gasteiger partial charge in [-0.2, -0.15) is 0 Å². The number of hydrogen-bond acceptors (Lipinski definition) is 3. The number of benzene rings is 1. The molecule has 2 fully saturated rings. The second-order valence-electron chi connectivity index (χ2n) is 10.3. The van der Waals surface area contributed by atoms with Gasteiger partial charge in [-0.25, -0.2) is 8.78 Å². The standard InChI is InChI=1S/C18H24FN.C9H13FO.C5H9NO/c1-5-6-16-9-10-17(11-18(16)19)14(4)20-13(3)12(2)15-7-8-15;1-3-7-4-5-9(11-2)8(10)6-7;7-5-6-3-1-2-4-6/h9-11,15H,5-8H2,1-4H3;6H,3-5H2,1-2H3;5H,1-4H2/b13-12+,20-14?;;. The van der Waals surface area contributed by atoms with Gasteiger partial charge < -0.3 is 9.64 Å². The summed E-state index contributed by atoms with van der Waals surface area (Å²) in [6.45, 7) is 12.2. The van der Waals surface area contributed by atoms with Crippen LogP contribution in [0.1, 0.15) is 97.1 Å². The van der Waals surface area contributed by atoms with E-state index in [1.165, 1.54) is 43.9 Å². The van der Waals surface area contributed by atoms with Gasteiger partial charge in [0.15, 0.2) is 5.83 Å². The number of carbonyl (C=O) groups is 1. The summed E-state index contributed by atoms with van der Waals surface area (Å²) in [6, 6.07) is 5.48. The molecule has 6 heteroatoms. The minimum atomic E-state index is -0.199. The first kappa shape index (κ1) is 31.5. The lowest BCUT2D eigenvalue weighted by Crippen LogP contribution is -2.15. The summed E-state index contributed by atoms with van der Waals surface area (Å²) in [5.41, 5.74) is 6.21. The van der Waals surface area contributed by atoms with Crippen LogP contribution < -0.4 is 0 Å². The van der Waals surface area contributed by atoms with Gasteiger partial charge in [0.25, 0.3) is 0 Å². The average molecular weight is 529 g/mol. The lowest BCUT2D eigenvalue weighted by Gasteiger charge is -2.13. The Labute approximate surface area is 228 Å². The molecular weight excluding hydrogens is 482 g/mol. The smallest absolute Gasteiger partial charge is 0.209 e. The Morgan fingerprint density at radius 3 is 2.26 bits per heavy atom. The molecule has 1 aromatic rings. The number of amides is 1. The van der Waals surface area contributed by atoms with Crippen molar-refractivity contribution in [1.82, 2.24) is 4.90 Å². The maximum Gasteiger partial charge on any atom is 0.209 e. The van der Waals surface area contributed by atoms with Crippen LogP contribution in [0.4, 0.5) is 8.78 Å². The Bertz CT molecular complexity index is 1050. The average Bonchev–Trinajstić information content (AvgIpc) is 3.63. The number of allylic oxidation sites excluding steroid dienone is 6. The van der Waals surface area contributed by atoms with Crippen LogP contribution in [0.3, 0.4) is 0 Å². The summed E-state index contributed by atoms with van der Waals surface area (Å²) in [5.74, 6) is 0.910. The van der Waals surface area contributed by atoms with Crippen LogP contribution >= 0.6 is 0 Å². The molecule has 3 aliphatic rings. The predicted octanol–water partition coefficient (Wildman–Crippen LogP) is 8.47. The van der Waals surface area contributed by atoms with Crippen LogP contribution in [0, 0.1) is 11.7 Å². The highest BCUT2D eigenvalue weighted by molar-refractivity contribution is 5.99. The van der Waals surface area contributed by atoms with Gasteiger partial charge in [0.1, 0.15) is 11.6 Å². The summed E-state index contributed by atoms with van der Waals surface area (Å²) in [7, 11) is 1.51. The quantitative estimate of drug-likeness (QED) is 0.251. The summed E-state index contributed by atoms with van der Waals surface area (Å²) >= 11 is 0. The molecule has 1 aromatic carbocycles. The van der Waals surface area contributed by atoms with E-state index in [0.29, 0.717) is 12.2 Å². The zero-order valence-electron chi connectivity index (χ0n) is 24.2. The molecule has 1 saturated heterocycles. The van der Waals surface area contributed by atoms with E-state index in [1.807, 2.05) is 26.0 Å². The minimum absolute atomic E-state index is 0.112. The van der Waals surface area contributed by atoms with Crippen LogP contribution in [0.5, 0.6) is 0 Å². The number of aryl methyl sites for hydroxylation is 1. The van der Waals surface area contributed by atoms with Gasteiger partial charge in [0, 0.05) is 30.9 Å². The Hall–Kier alpha value is -2.76. The van der Waals surface area contributed by atoms with E-state index in [-0.39, 0.29) is 11.6 Å². The van der Waals surface area contributed by atoms with Crippen molar-refractivity contribution in [2.75, 3.05) is 20.2 Å². The van der Waals surface area contributed by atoms with E-state index in [0.717, 1.165) is 73.6 Å². The molecule has 0 unspecified atom stereocenters. The Morgan fingerprint density at radius 2 is 1.79 bits per heavy atom. The molecular formula is C32H46F2N2O2. The monoisotopic (exact) mass is 528 g/mol. The number of halogens is 2. The maximum absolute atomic E-state index is 14.0. The lowest BCUT2D eigenvalue weighted by atomic mass is 10.0. The van der Waals surface area contributed by atoms with Crippen LogP contribution in [0.25, 0.3) is 0 Å². The van der Waals surface area contributed by atoms with Crippen LogP contribution in [0.2, 0.25) is 0 Å². The fourth-order valence-corrected chi connectivity index (χ4v) is 4.51. The molecule has 1 heterocycles. The number of carbonyl (C=O) groups excluding carboxylic acids is 1. The van der Waals surface area contributed by atoms with Gasteiger partial charge >= 0.3 is 0 Å². The predicted molar refractivity (Wildman–Crippen MR) is 153 cm³/mol. The highest BCUT2D eigenvalue weighted by atomic mass is 19.1. The van der Waals surface area contributed by atoms with Gasteiger partial charge in [-0.15, -0.1) is 0 Å². The number of methoxy groups -OCH3 is 1. The highest BCUT2D eigenvalue weighted by Gasteiger charge is 2.24. The van der Waals surface area contributed by atoms with E-state index in [9.17, 15) is 13.6 Å². The fraction of sp³-hybridized carbons (Fsp3) is 0.562. The molecule has 0 atom stereocenters. The van der Waals surface area contributed by atoms with E-state index >= 15 is 0 Å². The van der Waals surface area contributed by atoms with E-state index in [1.54, 1.807) is 17.0 Å².